The van der Waals surface area contributed by atoms with Crippen LogP contribution in [0.4, 0.5) is 0 Å². The maximum Gasteiger partial charge on any atom is 0.194 e. The third-order valence-corrected chi connectivity index (χ3v) is 3.34. The van der Waals surface area contributed by atoms with Gasteiger partial charge in [0.25, 0.3) is 0 Å². The zero-order valence-electron chi connectivity index (χ0n) is 11.1. The second-order valence-corrected chi connectivity index (χ2v) is 4.50. The number of carbonyl (C=O) groups excluding carboxylic acids is 1. The number of ketones is 1. The van der Waals surface area contributed by atoms with Crippen molar-refractivity contribution in [2.45, 2.75) is 32.8 Å². The quantitative estimate of drug-likeness (QED) is 0.768. The van der Waals surface area contributed by atoms with Crippen molar-refractivity contribution in [2.75, 3.05) is 19.8 Å². The lowest BCUT2D eigenvalue weighted by atomic mass is 9.95. The van der Waals surface area contributed by atoms with Gasteiger partial charge in [-0.05, 0) is 30.0 Å². The van der Waals surface area contributed by atoms with Gasteiger partial charge in [-0.1, -0.05) is 26.0 Å². The highest BCUT2D eigenvalue weighted by Crippen LogP contribution is 2.18. The van der Waals surface area contributed by atoms with Crippen molar-refractivity contribution in [1.82, 2.24) is 0 Å². The van der Waals surface area contributed by atoms with E-state index in [1.54, 1.807) is 0 Å². The van der Waals surface area contributed by atoms with Crippen LogP contribution in [-0.4, -0.2) is 31.7 Å². The summed E-state index contributed by atoms with van der Waals surface area (Å²) in [4.78, 5) is 12.4. The number of rotatable bonds is 4. The third kappa shape index (κ3) is 2.79. The fourth-order valence-electron chi connectivity index (χ4n) is 2.19. The lowest BCUT2D eigenvalue weighted by molar-refractivity contribution is -0.0719. The summed E-state index contributed by atoms with van der Waals surface area (Å²) in [5.41, 5.74) is 3.08. The molecule has 1 aliphatic heterocycles. The molecule has 0 N–H and O–H groups in total. The Hall–Kier alpha value is -1.19. The number of aryl methyl sites for hydroxylation is 2. The summed E-state index contributed by atoms with van der Waals surface area (Å²) in [6, 6.07) is 6.14. The molecule has 1 aliphatic rings. The minimum Gasteiger partial charge on any atom is -0.376 e. The summed E-state index contributed by atoms with van der Waals surface area (Å²) in [6.45, 7) is 5.62. The fraction of sp³-hybridized carbons (Fsp3) is 0.533. The van der Waals surface area contributed by atoms with Crippen molar-refractivity contribution in [3.63, 3.8) is 0 Å². The highest BCUT2D eigenvalue weighted by atomic mass is 16.6. The average molecular weight is 248 g/mol. The Kier molecular flexibility index (Phi) is 4.50. The van der Waals surface area contributed by atoms with E-state index in [2.05, 4.69) is 26.0 Å². The Labute approximate surface area is 108 Å². The van der Waals surface area contributed by atoms with Gasteiger partial charge in [0.2, 0.25) is 0 Å². The number of hydrogen-bond acceptors (Lipinski definition) is 3. The summed E-state index contributed by atoms with van der Waals surface area (Å²) in [5.74, 6) is 0.0573. The smallest absolute Gasteiger partial charge is 0.194 e. The van der Waals surface area contributed by atoms with Crippen molar-refractivity contribution >= 4 is 5.78 Å². The maximum atomic E-state index is 12.4. The van der Waals surface area contributed by atoms with Crippen molar-refractivity contribution in [3.8, 4) is 0 Å². The molecule has 3 heteroatoms. The van der Waals surface area contributed by atoms with Crippen molar-refractivity contribution < 1.29 is 14.3 Å². The molecule has 1 heterocycles. The van der Waals surface area contributed by atoms with Crippen LogP contribution in [0, 0.1) is 0 Å². The zero-order chi connectivity index (χ0) is 13.0. The average Bonchev–Trinajstić information content (AvgIpc) is 2.46. The minimum absolute atomic E-state index is 0.0573. The Morgan fingerprint density at radius 3 is 2.72 bits per heavy atom. The Morgan fingerprint density at radius 1 is 1.28 bits per heavy atom. The first-order chi connectivity index (χ1) is 8.76. The highest BCUT2D eigenvalue weighted by molar-refractivity contribution is 6.01. The van der Waals surface area contributed by atoms with Crippen LogP contribution < -0.4 is 0 Å². The van der Waals surface area contributed by atoms with Crippen LogP contribution in [0.3, 0.4) is 0 Å². The van der Waals surface area contributed by atoms with E-state index in [9.17, 15) is 4.79 Å². The van der Waals surface area contributed by atoms with Crippen molar-refractivity contribution in [3.05, 3.63) is 34.9 Å². The summed E-state index contributed by atoms with van der Waals surface area (Å²) in [5, 5.41) is 0. The highest BCUT2D eigenvalue weighted by Gasteiger charge is 2.25. The fourth-order valence-corrected chi connectivity index (χ4v) is 2.19. The summed E-state index contributed by atoms with van der Waals surface area (Å²) >= 11 is 0. The largest absolute Gasteiger partial charge is 0.376 e. The van der Waals surface area contributed by atoms with Crippen LogP contribution in [0.15, 0.2) is 18.2 Å². The van der Waals surface area contributed by atoms with E-state index in [1.165, 1.54) is 5.56 Å². The number of benzene rings is 1. The SMILES string of the molecule is CCc1ccc(CC)c(C(=O)C2COCCO2)c1. The minimum atomic E-state index is -0.434. The van der Waals surface area contributed by atoms with Gasteiger partial charge in [0, 0.05) is 5.56 Å². The van der Waals surface area contributed by atoms with Crippen molar-refractivity contribution in [1.29, 1.82) is 0 Å². The van der Waals surface area contributed by atoms with Crippen LogP contribution in [0.5, 0.6) is 0 Å². The molecule has 1 fully saturated rings. The van der Waals surface area contributed by atoms with Crippen LogP contribution in [-0.2, 0) is 22.3 Å². The van der Waals surface area contributed by atoms with Gasteiger partial charge in [-0.3, -0.25) is 4.79 Å². The molecule has 2 rings (SSSR count). The summed E-state index contributed by atoms with van der Waals surface area (Å²) in [7, 11) is 0. The van der Waals surface area contributed by atoms with E-state index in [1.807, 2.05) is 6.07 Å². The molecule has 0 aromatic heterocycles. The molecule has 1 saturated heterocycles. The van der Waals surface area contributed by atoms with E-state index < -0.39 is 6.10 Å². The Balaban J connectivity index is 2.26. The van der Waals surface area contributed by atoms with Gasteiger partial charge in [0.1, 0.15) is 6.10 Å². The van der Waals surface area contributed by atoms with Gasteiger partial charge >= 0.3 is 0 Å². The van der Waals surface area contributed by atoms with Crippen LogP contribution in [0.2, 0.25) is 0 Å². The van der Waals surface area contributed by atoms with E-state index >= 15 is 0 Å². The van der Waals surface area contributed by atoms with Gasteiger partial charge in [0.05, 0.1) is 19.8 Å². The van der Waals surface area contributed by atoms with E-state index in [0.717, 1.165) is 24.0 Å². The summed E-state index contributed by atoms with van der Waals surface area (Å²) in [6.07, 6.45) is 1.36. The normalized spacial score (nSPS) is 19.8. The summed E-state index contributed by atoms with van der Waals surface area (Å²) < 4.78 is 10.8. The number of carbonyl (C=O) groups is 1. The molecule has 98 valence electrons. The van der Waals surface area contributed by atoms with Gasteiger partial charge in [-0.25, -0.2) is 0 Å². The zero-order valence-corrected chi connectivity index (χ0v) is 11.1. The predicted molar refractivity (Wildman–Crippen MR) is 70.1 cm³/mol. The van der Waals surface area contributed by atoms with E-state index in [0.29, 0.717) is 19.8 Å². The number of ether oxygens (including phenoxy) is 2. The first-order valence-corrected chi connectivity index (χ1v) is 6.61. The molecule has 1 aromatic carbocycles. The molecule has 1 aromatic rings. The Morgan fingerprint density at radius 2 is 2.11 bits per heavy atom. The second-order valence-electron chi connectivity index (χ2n) is 4.50. The second kappa shape index (κ2) is 6.12. The molecule has 0 amide bonds. The monoisotopic (exact) mass is 248 g/mol. The molecule has 1 atom stereocenters. The van der Waals surface area contributed by atoms with Crippen LogP contribution in [0.1, 0.15) is 35.3 Å². The first kappa shape index (κ1) is 13.2. The van der Waals surface area contributed by atoms with Gasteiger partial charge in [-0.2, -0.15) is 0 Å². The van der Waals surface area contributed by atoms with E-state index in [4.69, 9.17) is 9.47 Å². The van der Waals surface area contributed by atoms with E-state index in [-0.39, 0.29) is 5.78 Å². The van der Waals surface area contributed by atoms with Crippen LogP contribution in [0.25, 0.3) is 0 Å². The third-order valence-electron chi connectivity index (χ3n) is 3.34. The first-order valence-electron chi connectivity index (χ1n) is 6.61. The molecule has 0 saturated carbocycles. The lowest BCUT2D eigenvalue weighted by Crippen LogP contribution is -2.35. The molecule has 18 heavy (non-hydrogen) atoms. The molecule has 0 bridgehead atoms. The lowest BCUT2D eigenvalue weighted by Gasteiger charge is -2.22. The number of Topliss-reactive ketones (excluding diaryl/α,β-unsaturated/α-hetero) is 1. The molecular weight excluding hydrogens is 228 g/mol. The predicted octanol–water partition coefficient (Wildman–Crippen LogP) is 2.41. The van der Waals surface area contributed by atoms with Gasteiger partial charge in [0.15, 0.2) is 5.78 Å². The molecule has 0 radical (unpaired) electrons. The molecule has 1 unspecified atom stereocenters. The molecular formula is C15H20O3. The van der Waals surface area contributed by atoms with Crippen molar-refractivity contribution in [2.24, 2.45) is 0 Å². The maximum absolute atomic E-state index is 12.4. The molecule has 0 spiro atoms. The van der Waals surface area contributed by atoms with Gasteiger partial charge in [-0.15, -0.1) is 0 Å². The standard InChI is InChI=1S/C15H20O3/c1-3-11-5-6-12(4-2)13(9-11)15(16)14-10-17-7-8-18-14/h5-6,9,14H,3-4,7-8,10H2,1-2H3. The molecule has 0 aliphatic carbocycles. The Bertz CT molecular complexity index is 420. The molecule has 3 nitrogen and oxygen atoms in total. The number of hydrogen-bond donors (Lipinski definition) is 0. The van der Waals surface area contributed by atoms with Gasteiger partial charge < -0.3 is 9.47 Å². The topological polar surface area (TPSA) is 35.5 Å². The van der Waals surface area contributed by atoms with Crippen LogP contribution >= 0.6 is 0 Å².